The van der Waals surface area contributed by atoms with Gasteiger partial charge in [0.25, 0.3) is 0 Å². The van der Waals surface area contributed by atoms with Gasteiger partial charge in [0.2, 0.25) is 11.8 Å². The van der Waals surface area contributed by atoms with Gasteiger partial charge in [-0.15, -0.1) is 0 Å². The molecule has 1 N–H and O–H groups in total. The summed E-state index contributed by atoms with van der Waals surface area (Å²) in [6, 6.07) is 10.3. The molecule has 1 amide bonds. The molecule has 0 radical (unpaired) electrons. The molecule has 2 aromatic heterocycles. The van der Waals surface area contributed by atoms with Gasteiger partial charge in [-0.3, -0.25) is 9.48 Å². The maximum absolute atomic E-state index is 14.9. The number of nitrogens with zero attached hydrogens (tertiary/aromatic N) is 5. The van der Waals surface area contributed by atoms with Gasteiger partial charge in [0.05, 0.1) is 48.0 Å². The molecule has 37 heavy (non-hydrogen) atoms. The van der Waals surface area contributed by atoms with Crippen molar-refractivity contribution in [2.45, 2.75) is 32.7 Å². The monoisotopic (exact) mass is 504 g/mol. The Hall–Kier alpha value is -4.05. The normalized spacial score (nSPS) is 14.1. The number of benzene rings is 2. The van der Waals surface area contributed by atoms with E-state index < -0.39 is 5.82 Å². The van der Waals surface area contributed by atoms with E-state index >= 15 is 0 Å². The van der Waals surface area contributed by atoms with E-state index in [1.54, 1.807) is 29.2 Å². The van der Waals surface area contributed by atoms with Crippen molar-refractivity contribution in [3.63, 3.8) is 0 Å². The fraction of sp³-hybridized carbons (Fsp3) is 0.333. The molecule has 1 aliphatic rings. The fourth-order valence-corrected chi connectivity index (χ4v) is 4.10. The molecule has 0 bridgehead atoms. The van der Waals surface area contributed by atoms with Gasteiger partial charge in [0.1, 0.15) is 17.9 Å². The Balaban J connectivity index is 1.29. The summed E-state index contributed by atoms with van der Waals surface area (Å²) in [5, 5.41) is 7.76. The third kappa shape index (κ3) is 5.69. The van der Waals surface area contributed by atoms with Crippen LogP contribution >= 0.6 is 0 Å². The van der Waals surface area contributed by atoms with Gasteiger partial charge in [0.15, 0.2) is 0 Å². The van der Waals surface area contributed by atoms with Crippen molar-refractivity contribution >= 4 is 28.2 Å². The molecule has 192 valence electrons. The van der Waals surface area contributed by atoms with Crippen LogP contribution in [0.25, 0.3) is 10.9 Å². The molecule has 1 saturated heterocycles. The lowest BCUT2D eigenvalue weighted by Crippen LogP contribution is -2.36. The molecule has 0 saturated carbocycles. The first-order chi connectivity index (χ1) is 17.8. The summed E-state index contributed by atoms with van der Waals surface area (Å²) in [5.74, 6) is -0.255. The molecule has 0 atom stereocenters. The zero-order valence-electron chi connectivity index (χ0n) is 21.1. The lowest BCUT2D eigenvalue weighted by molar-refractivity contribution is -0.115. The smallest absolute Gasteiger partial charge is 0.230 e. The summed E-state index contributed by atoms with van der Waals surface area (Å²) in [4.78, 5) is 23.3. The molecule has 1 fully saturated rings. The Morgan fingerprint density at radius 2 is 1.95 bits per heavy atom. The summed E-state index contributed by atoms with van der Waals surface area (Å²) < 4.78 is 28.1. The number of amides is 1. The van der Waals surface area contributed by atoms with E-state index in [-0.39, 0.29) is 29.2 Å². The number of rotatable bonds is 6. The predicted octanol–water partition coefficient (Wildman–Crippen LogP) is 4.53. The number of halogens is 1. The highest BCUT2D eigenvalue weighted by Gasteiger charge is 2.17. The van der Waals surface area contributed by atoms with Crippen molar-refractivity contribution in [1.82, 2.24) is 19.7 Å². The summed E-state index contributed by atoms with van der Waals surface area (Å²) in [6.07, 6.45) is 4.63. The van der Waals surface area contributed by atoms with E-state index in [9.17, 15) is 9.18 Å². The van der Waals surface area contributed by atoms with Crippen molar-refractivity contribution in [3.8, 4) is 11.6 Å². The van der Waals surface area contributed by atoms with Gasteiger partial charge in [-0.25, -0.2) is 14.4 Å². The number of hydrogen-bond acceptors (Lipinski definition) is 7. The first kappa shape index (κ1) is 24.6. The minimum Gasteiger partial charge on any atom is -0.438 e. The van der Waals surface area contributed by atoms with Gasteiger partial charge >= 0.3 is 0 Å². The van der Waals surface area contributed by atoms with E-state index in [0.717, 1.165) is 29.7 Å². The second-order valence-corrected chi connectivity index (χ2v) is 9.90. The SMILES string of the molecule is CC(C)(C)n1cc(NC(=O)Cc2ccc(Oc3ncnc4ccc(N5CCOCC5)cc34)cc2F)cn1. The predicted molar refractivity (Wildman–Crippen MR) is 139 cm³/mol. The maximum atomic E-state index is 14.9. The topological polar surface area (TPSA) is 94.4 Å². The zero-order chi connectivity index (χ0) is 26.0. The number of fused-ring (bicyclic) bond motifs is 1. The molecule has 5 rings (SSSR count). The van der Waals surface area contributed by atoms with Gasteiger partial charge in [-0.2, -0.15) is 5.10 Å². The van der Waals surface area contributed by atoms with Crippen molar-refractivity contribution in [2.75, 3.05) is 36.5 Å². The van der Waals surface area contributed by atoms with E-state index in [1.807, 2.05) is 39.0 Å². The minimum absolute atomic E-state index is 0.119. The van der Waals surface area contributed by atoms with E-state index in [2.05, 4.69) is 25.3 Å². The van der Waals surface area contributed by atoms with Crippen LogP contribution in [0.5, 0.6) is 11.6 Å². The van der Waals surface area contributed by atoms with Crippen molar-refractivity contribution in [3.05, 3.63) is 66.5 Å². The number of carbonyl (C=O) groups excluding carboxylic acids is 1. The lowest BCUT2D eigenvalue weighted by atomic mass is 10.1. The van der Waals surface area contributed by atoms with Crippen LogP contribution < -0.4 is 15.0 Å². The number of ether oxygens (including phenoxy) is 2. The standard InChI is InChI=1S/C27H29FN6O3/c1-27(2,3)34-16-19(15-31-34)32-25(35)12-18-4-6-21(14-23(18)28)37-26-22-13-20(33-8-10-36-11-9-33)5-7-24(22)29-17-30-26/h4-7,13-17H,8-12H2,1-3H3,(H,32,35). The van der Waals surface area contributed by atoms with Gasteiger partial charge in [-0.1, -0.05) is 6.07 Å². The van der Waals surface area contributed by atoms with Crippen LogP contribution in [0, 0.1) is 5.82 Å². The van der Waals surface area contributed by atoms with Gasteiger partial charge < -0.3 is 19.7 Å². The highest BCUT2D eigenvalue weighted by Crippen LogP contribution is 2.31. The number of aromatic nitrogens is 4. The Bertz CT molecular complexity index is 1430. The molecule has 0 spiro atoms. The van der Waals surface area contributed by atoms with E-state index in [1.165, 1.54) is 12.4 Å². The number of morpholine rings is 1. The van der Waals surface area contributed by atoms with Crippen LogP contribution in [0.15, 0.2) is 55.1 Å². The van der Waals surface area contributed by atoms with Crippen LogP contribution in [-0.4, -0.2) is 52.0 Å². The summed E-state index contributed by atoms with van der Waals surface area (Å²) >= 11 is 0. The second kappa shape index (κ2) is 10.1. The van der Waals surface area contributed by atoms with Crippen molar-refractivity contribution in [2.24, 2.45) is 0 Å². The number of hydrogen-bond donors (Lipinski definition) is 1. The zero-order valence-corrected chi connectivity index (χ0v) is 21.1. The first-order valence-electron chi connectivity index (χ1n) is 12.1. The van der Waals surface area contributed by atoms with Crippen LogP contribution in [0.1, 0.15) is 26.3 Å². The van der Waals surface area contributed by atoms with Crippen LogP contribution in [-0.2, 0) is 21.5 Å². The molecular formula is C27H29FN6O3. The lowest BCUT2D eigenvalue weighted by Gasteiger charge is -2.29. The fourth-order valence-electron chi connectivity index (χ4n) is 4.10. The molecule has 1 aliphatic heterocycles. The number of carbonyl (C=O) groups is 1. The summed E-state index contributed by atoms with van der Waals surface area (Å²) in [6.45, 7) is 8.99. The van der Waals surface area contributed by atoms with Crippen LogP contribution in [0.4, 0.5) is 15.8 Å². The van der Waals surface area contributed by atoms with Crippen LogP contribution in [0.3, 0.4) is 0 Å². The van der Waals surface area contributed by atoms with Gasteiger partial charge in [0, 0.05) is 31.0 Å². The molecule has 4 aromatic rings. The third-order valence-electron chi connectivity index (χ3n) is 6.10. The number of nitrogens with one attached hydrogen (secondary N) is 1. The van der Waals surface area contributed by atoms with Crippen molar-refractivity contribution in [1.29, 1.82) is 0 Å². The Morgan fingerprint density at radius 1 is 1.14 bits per heavy atom. The average Bonchev–Trinajstić information content (AvgIpc) is 3.35. The minimum atomic E-state index is -0.537. The third-order valence-corrected chi connectivity index (χ3v) is 6.10. The van der Waals surface area contributed by atoms with E-state index in [0.29, 0.717) is 24.8 Å². The highest BCUT2D eigenvalue weighted by molar-refractivity contribution is 5.92. The molecule has 10 heteroatoms. The molecule has 3 heterocycles. The average molecular weight is 505 g/mol. The highest BCUT2D eigenvalue weighted by atomic mass is 19.1. The molecular weight excluding hydrogens is 475 g/mol. The largest absolute Gasteiger partial charge is 0.438 e. The van der Waals surface area contributed by atoms with E-state index in [4.69, 9.17) is 9.47 Å². The molecule has 0 aliphatic carbocycles. The Kier molecular flexibility index (Phi) is 6.75. The second-order valence-electron chi connectivity index (χ2n) is 9.90. The molecule has 9 nitrogen and oxygen atoms in total. The van der Waals surface area contributed by atoms with Crippen molar-refractivity contribution < 1.29 is 18.7 Å². The number of anilines is 2. The molecule has 2 aromatic carbocycles. The van der Waals surface area contributed by atoms with Gasteiger partial charge in [-0.05, 0) is 50.6 Å². The summed E-state index contributed by atoms with van der Waals surface area (Å²) in [5.41, 5.74) is 2.37. The first-order valence-corrected chi connectivity index (χ1v) is 12.1. The Morgan fingerprint density at radius 3 is 2.68 bits per heavy atom. The summed E-state index contributed by atoms with van der Waals surface area (Å²) in [7, 11) is 0. The van der Waals surface area contributed by atoms with Crippen LogP contribution in [0.2, 0.25) is 0 Å². The quantitative estimate of drug-likeness (QED) is 0.412. The maximum Gasteiger partial charge on any atom is 0.230 e. The Labute approximate surface area is 214 Å². The molecule has 0 unspecified atom stereocenters.